The number of piperazine rings is 1. The molecule has 17 heteroatoms. The van der Waals surface area contributed by atoms with Gasteiger partial charge in [0.2, 0.25) is 0 Å². The molecule has 1 saturated heterocycles. The molecule has 0 bridgehead atoms. The van der Waals surface area contributed by atoms with Crippen LogP contribution in [0.15, 0.2) is 24.7 Å². The number of alkyl halides is 6. The van der Waals surface area contributed by atoms with Gasteiger partial charge >= 0.3 is 18.3 Å². The van der Waals surface area contributed by atoms with Gasteiger partial charge in [0.05, 0.1) is 11.9 Å². The molecule has 0 aliphatic carbocycles. The first kappa shape index (κ1) is 27.7. The number of hydrogen-bond donors (Lipinski definition) is 3. The van der Waals surface area contributed by atoms with Gasteiger partial charge in [-0.15, -0.1) is 0 Å². The molecule has 3 aromatic rings. The van der Waals surface area contributed by atoms with Crippen LogP contribution in [0.25, 0.3) is 5.65 Å². The fraction of sp³-hybridized carbons (Fsp3) is 0.450. The normalized spacial score (nSPS) is 18.4. The third kappa shape index (κ3) is 6.46. The Morgan fingerprint density at radius 2 is 1.84 bits per heavy atom. The summed E-state index contributed by atoms with van der Waals surface area (Å²) in [7, 11) is 1.35. The van der Waals surface area contributed by atoms with Gasteiger partial charge in [-0.25, -0.2) is 14.3 Å². The Balaban J connectivity index is 0.000000479. The Labute approximate surface area is 205 Å². The number of halogens is 6. The maximum absolute atomic E-state index is 13.2. The van der Waals surface area contributed by atoms with Gasteiger partial charge in [0.25, 0.3) is 5.91 Å². The lowest BCUT2D eigenvalue weighted by molar-refractivity contribution is -0.192. The van der Waals surface area contributed by atoms with E-state index in [1.165, 1.54) is 17.8 Å². The predicted molar refractivity (Wildman–Crippen MR) is 117 cm³/mol. The molecule has 2 atom stereocenters. The van der Waals surface area contributed by atoms with Crippen molar-refractivity contribution in [3.63, 3.8) is 0 Å². The number of amides is 1. The number of anilines is 2. The minimum Gasteiger partial charge on any atom is -0.475 e. The van der Waals surface area contributed by atoms with E-state index in [1.54, 1.807) is 12.3 Å². The van der Waals surface area contributed by atoms with E-state index in [1.807, 2.05) is 0 Å². The quantitative estimate of drug-likeness (QED) is 0.436. The van der Waals surface area contributed by atoms with E-state index in [-0.39, 0.29) is 23.3 Å². The number of nitrogens with zero attached hydrogens (tertiary/aromatic N) is 6. The van der Waals surface area contributed by atoms with Crippen molar-refractivity contribution < 1.29 is 41.0 Å². The minimum absolute atomic E-state index is 0.0738. The first-order valence-electron chi connectivity index (χ1n) is 10.6. The Morgan fingerprint density at radius 1 is 1.19 bits per heavy atom. The molecule has 4 rings (SSSR count). The number of rotatable bonds is 3. The van der Waals surface area contributed by atoms with Crippen molar-refractivity contribution in [1.29, 1.82) is 0 Å². The van der Waals surface area contributed by atoms with Crippen molar-refractivity contribution in [1.82, 2.24) is 29.7 Å². The highest BCUT2D eigenvalue weighted by molar-refractivity contribution is 6.08. The lowest BCUT2D eigenvalue weighted by Gasteiger charge is -2.38. The molecule has 0 saturated carbocycles. The van der Waals surface area contributed by atoms with Crippen LogP contribution in [0.3, 0.4) is 0 Å². The third-order valence-corrected chi connectivity index (χ3v) is 5.25. The van der Waals surface area contributed by atoms with Crippen molar-refractivity contribution in [3.05, 3.63) is 35.9 Å². The Bertz CT molecular complexity index is 1290. The molecular formula is C20H22F6N8O3. The summed E-state index contributed by atoms with van der Waals surface area (Å²) < 4.78 is 73.7. The van der Waals surface area contributed by atoms with Gasteiger partial charge in [0.1, 0.15) is 11.4 Å². The molecule has 202 valence electrons. The van der Waals surface area contributed by atoms with Crippen molar-refractivity contribution in [2.45, 2.75) is 38.3 Å². The molecule has 1 amide bonds. The average Bonchev–Trinajstić information content (AvgIpc) is 3.37. The van der Waals surface area contributed by atoms with Crippen LogP contribution in [-0.4, -0.2) is 72.7 Å². The molecule has 2 unspecified atom stereocenters. The van der Waals surface area contributed by atoms with Crippen LogP contribution in [0.4, 0.5) is 37.8 Å². The van der Waals surface area contributed by atoms with E-state index in [2.05, 4.69) is 44.6 Å². The number of aromatic nitrogens is 5. The van der Waals surface area contributed by atoms with Gasteiger partial charge in [-0.05, 0) is 19.9 Å². The maximum atomic E-state index is 13.2. The molecule has 0 aromatic carbocycles. The highest BCUT2D eigenvalue weighted by atomic mass is 19.4. The minimum atomic E-state index is -5.08. The number of fused-ring (bicyclic) bond motifs is 1. The van der Waals surface area contributed by atoms with Crippen LogP contribution < -0.4 is 15.5 Å². The van der Waals surface area contributed by atoms with E-state index < -0.39 is 35.6 Å². The molecule has 4 heterocycles. The van der Waals surface area contributed by atoms with Crippen molar-refractivity contribution >= 4 is 29.0 Å². The van der Waals surface area contributed by atoms with E-state index in [9.17, 15) is 31.1 Å². The largest absolute Gasteiger partial charge is 0.490 e. The molecule has 1 aliphatic rings. The second-order valence-electron chi connectivity index (χ2n) is 8.24. The van der Waals surface area contributed by atoms with Crippen LogP contribution in [0.5, 0.6) is 0 Å². The summed E-state index contributed by atoms with van der Waals surface area (Å²) >= 11 is 0. The van der Waals surface area contributed by atoms with Crippen LogP contribution >= 0.6 is 0 Å². The number of carboxylic acids is 1. The van der Waals surface area contributed by atoms with Gasteiger partial charge in [0.15, 0.2) is 11.3 Å². The fourth-order valence-electron chi connectivity index (χ4n) is 3.50. The van der Waals surface area contributed by atoms with Crippen LogP contribution in [0.1, 0.15) is 29.9 Å². The Morgan fingerprint density at radius 3 is 2.43 bits per heavy atom. The number of hydrogen-bond acceptors (Lipinski definition) is 7. The zero-order chi connectivity index (χ0) is 27.7. The van der Waals surface area contributed by atoms with Crippen molar-refractivity contribution in [2.24, 2.45) is 7.05 Å². The fourth-order valence-corrected chi connectivity index (χ4v) is 3.50. The Kier molecular flexibility index (Phi) is 7.66. The summed E-state index contributed by atoms with van der Waals surface area (Å²) in [5.41, 5.74) is -1.24. The zero-order valence-corrected chi connectivity index (χ0v) is 19.6. The summed E-state index contributed by atoms with van der Waals surface area (Å²) in [6.45, 7) is 5.67. The number of carboxylic acid groups (broad SMARTS) is 1. The second-order valence-corrected chi connectivity index (χ2v) is 8.24. The third-order valence-electron chi connectivity index (χ3n) is 5.25. The highest BCUT2D eigenvalue weighted by Gasteiger charge is 2.39. The monoisotopic (exact) mass is 536 g/mol. The number of aryl methyl sites for hydroxylation is 1. The first-order chi connectivity index (χ1) is 17.1. The molecule has 3 N–H and O–H groups in total. The van der Waals surface area contributed by atoms with Crippen LogP contribution in [0, 0.1) is 0 Å². The molecule has 0 spiro atoms. The molecule has 3 aromatic heterocycles. The Hall–Kier alpha value is -3.89. The number of carbonyl (C=O) groups is 2. The number of carbonyl (C=O) groups excluding carboxylic acids is 1. The molecular weight excluding hydrogens is 514 g/mol. The van der Waals surface area contributed by atoms with Crippen molar-refractivity contribution in [3.8, 4) is 0 Å². The van der Waals surface area contributed by atoms with Crippen LogP contribution in [-0.2, 0) is 18.0 Å². The van der Waals surface area contributed by atoms with Gasteiger partial charge in [0, 0.05) is 44.6 Å². The predicted octanol–water partition coefficient (Wildman–Crippen LogP) is 2.55. The van der Waals surface area contributed by atoms with Gasteiger partial charge < -0.3 is 20.6 Å². The lowest BCUT2D eigenvalue weighted by atomic mass is 10.1. The van der Waals surface area contributed by atoms with Gasteiger partial charge in [-0.2, -0.15) is 36.5 Å². The first-order valence-corrected chi connectivity index (χ1v) is 10.6. The molecule has 0 radical (unpaired) electrons. The van der Waals surface area contributed by atoms with Crippen molar-refractivity contribution in [2.75, 3.05) is 23.3 Å². The lowest BCUT2D eigenvalue weighted by Crippen LogP contribution is -2.54. The maximum Gasteiger partial charge on any atom is 0.490 e. The van der Waals surface area contributed by atoms with E-state index >= 15 is 0 Å². The SMILES string of the molecule is CC1CN(c2ccn3ncc(C(=O)Nc4cn(C)nc4C(F)(F)F)c3n2)C(C)CN1.O=C(O)C(F)(F)F. The second kappa shape index (κ2) is 10.2. The molecule has 1 aliphatic heterocycles. The topological polar surface area (TPSA) is 130 Å². The summed E-state index contributed by atoms with van der Waals surface area (Å²) in [4.78, 5) is 28.3. The molecule has 37 heavy (non-hydrogen) atoms. The van der Waals surface area contributed by atoms with E-state index in [0.29, 0.717) is 5.82 Å². The summed E-state index contributed by atoms with van der Waals surface area (Å²) in [6.07, 6.45) is -5.70. The standard InChI is InChI=1S/C18H21F3N8O.C2HF3O2/c1-10-8-28(11(2)6-22-10)14-4-5-29-16(25-14)12(7-23-29)17(30)24-13-9-27(3)26-15(13)18(19,20)21;3-2(4,5)1(6)7/h4-5,7,9-11,22H,6,8H2,1-3H3,(H,24,30);(H,6,7). The summed E-state index contributed by atoms with van der Waals surface area (Å²) in [5.74, 6) is -2.82. The zero-order valence-electron chi connectivity index (χ0n) is 19.6. The van der Waals surface area contributed by atoms with E-state index in [0.717, 1.165) is 24.0 Å². The van der Waals surface area contributed by atoms with Crippen LogP contribution in [0.2, 0.25) is 0 Å². The molecule has 11 nitrogen and oxygen atoms in total. The summed E-state index contributed by atoms with van der Waals surface area (Å²) in [6, 6.07) is 2.28. The highest BCUT2D eigenvalue weighted by Crippen LogP contribution is 2.33. The van der Waals surface area contributed by atoms with E-state index in [4.69, 9.17) is 9.90 Å². The van der Waals surface area contributed by atoms with Gasteiger partial charge in [-0.3, -0.25) is 9.48 Å². The smallest absolute Gasteiger partial charge is 0.475 e. The van der Waals surface area contributed by atoms with Gasteiger partial charge in [-0.1, -0.05) is 0 Å². The summed E-state index contributed by atoms with van der Waals surface area (Å²) in [5, 5.41) is 20.3. The number of nitrogens with one attached hydrogen (secondary N) is 2. The number of aliphatic carboxylic acids is 1. The average molecular weight is 536 g/mol. The molecule has 1 fully saturated rings.